The molecule has 0 spiro atoms. The number of ether oxygens (including phenoxy) is 1. The number of hydrogen-bond acceptors (Lipinski definition) is 5. The molecule has 1 fully saturated rings. The Morgan fingerprint density at radius 3 is 2.39 bits per heavy atom. The molecule has 3 atom stereocenters. The van der Waals surface area contributed by atoms with Crippen LogP contribution in [0.3, 0.4) is 0 Å². The maximum Gasteiger partial charge on any atom is 0.305 e. The number of aliphatic hydroxyl groups excluding tert-OH is 1. The van der Waals surface area contributed by atoms with Gasteiger partial charge in [0.25, 0.3) is 0 Å². The van der Waals surface area contributed by atoms with Crippen molar-refractivity contribution < 1.29 is 19.4 Å². The zero-order valence-electron chi connectivity index (χ0n) is 22.6. The zero-order chi connectivity index (χ0) is 25.8. The average molecular weight is 519 g/mol. The molecule has 0 aromatic heterocycles. The molecule has 0 radical (unpaired) electrons. The van der Waals surface area contributed by atoms with Gasteiger partial charge in [-0.3, -0.25) is 9.59 Å². The number of ketones is 1. The van der Waals surface area contributed by atoms with Crippen LogP contribution >= 0.6 is 11.8 Å². The second-order valence-electron chi connectivity index (χ2n) is 10.5. The molecule has 1 N–H and O–H groups in total. The summed E-state index contributed by atoms with van der Waals surface area (Å²) in [4.78, 5) is 24.3. The van der Waals surface area contributed by atoms with Crippen molar-refractivity contribution in [3.05, 3.63) is 35.9 Å². The summed E-state index contributed by atoms with van der Waals surface area (Å²) in [5.41, 5.74) is 1.15. The molecule has 1 aromatic carbocycles. The Labute approximate surface area is 224 Å². The van der Waals surface area contributed by atoms with Gasteiger partial charge in [0.1, 0.15) is 5.78 Å². The number of carbonyl (C=O) groups excluding carboxylic acids is 2. The van der Waals surface area contributed by atoms with E-state index in [0.717, 1.165) is 56.9 Å². The van der Waals surface area contributed by atoms with Crippen LogP contribution in [0.5, 0.6) is 0 Å². The molecule has 4 nitrogen and oxygen atoms in total. The molecule has 0 amide bonds. The standard InChI is InChI=1S/C31H50O4S/c1-2-3-4-5-6-7-10-16-23-35-31(34)20-15-9-8-14-19-28-29(33)21-22-30(28)36-25-27(32)24-26-17-12-11-13-18-26/h11-13,17-18,27-28,30,32H,2-10,14-16,19-25H2,1H3. The second-order valence-corrected chi connectivity index (χ2v) is 11.7. The third-order valence-electron chi connectivity index (χ3n) is 7.26. The maximum atomic E-state index is 12.4. The van der Waals surface area contributed by atoms with Crippen LogP contribution < -0.4 is 0 Å². The van der Waals surface area contributed by atoms with Crippen molar-refractivity contribution in [1.29, 1.82) is 0 Å². The molecule has 0 aliphatic heterocycles. The van der Waals surface area contributed by atoms with Gasteiger partial charge in [-0.15, -0.1) is 0 Å². The smallest absolute Gasteiger partial charge is 0.305 e. The molecule has 2 rings (SSSR count). The Morgan fingerprint density at radius 2 is 1.64 bits per heavy atom. The van der Waals surface area contributed by atoms with Crippen molar-refractivity contribution in [3.8, 4) is 0 Å². The SMILES string of the molecule is CCCCCCCCCCOC(=O)CCCCCCC1C(=O)CCC1SCC(O)Cc1ccccc1. The number of Topliss-reactive ketones (excluding diaryl/α,β-unsaturated/α-hetero) is 1. The summed E-state index contributed by atoms with van der Waals surface area (Å²) in [6.45, 7) is 2.81. The van der Waals surface area contributed by atoms with Crippen LogP contribution in [0.15, 0.2) is 30.3 Å². The molecule has 0 saturated heterocycles. The molecule has 1 aliphatic carbocycles. The van der Waals surface area contributed by atoms with Gasteiger partial charge in [-0.05, 0) is 37.7 Å². The zero-order valence-corrected chi connectivity index (χ0v) is 23.5. The lowest BCUT2D eigenvalue weighted by atomic mass is 9.98. The van der Waals surface area contributed by atoms with Crippen molar-refractivity contribution in [3.63, 3.8) is 0 Å². The summed E-state index contributed by atoms with van der Waals surface area (Å²) < 4.78 is 5.38. The van der Waals surface area contributed by atoms with E-state index in [1.165, 1.54) is 38.5 Å². The van der Waals surface area contributed by atoms with E-state index in [-0.39, 0.29) is 18.0 Å². The number of unbranched alkanes of at least 4 members (excludes halogenated alkanes) is 10. The summed E-state index contributed by atoms with van der Waals surface area (Å²) in [7, 11) is 0. The highest BCUT2D eigenvalue weighted by Crippen LogP contribution is 2.36. The Bertz CT molecular complexity index is 708. The topological polar surface area (TPSA) is 63.6 Å². The molecule has 0 heterocycles. The van der Waals surface area contributed by atoms with E-state index in [4.69, 9.17) is 4.74 Å². The van der Waals surface area contributed by atoms with Crippen LogP contribution in [0, 0.1) is 5.92 Å². The first-order valence-electron chi connectivity index (χ1n) is 14.6. The molecule has 204 valence electrons. The predicted molar refractivity (Wildman–Crippen MR) is 151 cm³/mol. The lowest BCUT2D eigenvalue weighted by Crippen LogP contribution is -2.21. The number of hydrogen-bond donors (Lipinski definition) is 1. The van der Waals surface area contributed by atoms with Crippen molar-refractivity contribution in [2.24, 2.45) is 5.92 Å². The van der Waals surface area contributed by atoms with E-state index in [1.807, 2.05) is 30.3 Å². The van der Waals surface area contributed by atoms with Crippen LogP contribution in [0.25, 0.3) is 0 Å². The largest absolute Gasteiger partial charge is 0.466 e. The normalized spacial score (nSPS) is 18.4. The van der Waals surface area contributed by atoms with Crippen molar-refractivity contribution >= 4 is 23.5 Å². The fraction of sp³-hybridized carbons (Fsp3) is 0.742. The number of esters is 1. The van der Waals surface area contributed by atoms with E-state index >= 15 is 0 Å². The summed E-state index contributed by atoms with van der Waals surface area (Å²) in [5, 5.41) is 10.8. The maximum absolute atomic E-state index is 12.4. The Kier molecular flexibility index (Phi) is 16.9. The van der Waals surface area contributed by atoms with E-state index < -0.39 is 0 Å². The number of carbonyl (C=O) groups is 2. The fourth-order valence-electron chi connectivity index (χ4n) is 5.09. The van der Waals surface area contributed by atoms with Crippen LogP contribution in [-0.4, -0.2) is 40.6 Å². The van der Waals surface area contributed by atoms with Gasteiger partial charge >= 0.3 is 5.97 Å². The van der Waals surface area contributed by atoms with Gasteiger partial charge in [-0.25, -0.2) is 0 Å². The molecule has 5 heteroatoms. The number of benzene rings is 1. The van der Waals surface area contributed by atoms with Gasteiger partial charge in [0.2, 0.25) is 0 Å². The first-order valence-corrected chi connectivity index (χ1v) is 15.7. The van der Waals surface area contributed by atoms with Crippen molar-refractivity contribution in [2.75, 3.05) is 12.4 Å². The summed E-state index contributed by atoms with van der Waals surface area (Å²) in [6, 6.07) is 10.1. The first-order chi connectivity index (χ1) is 17.6. The van der Waals surface area contributed by atoms with Gasteiger partial charge < -0.3 is 9.84 Å². The minimum atomic E-state index is -0.371. The predicted octanol–water partition coefficient (Wildman–Crippen LogP) is 7.70. The summed E-state index contributed by atoms with van der Waals surface area (Å²) >= 11 is 1.78. The minimum absolute atomic E-state index is 0.0607. The fourth-order valence-corrected chi connectivity index (χ4v) is 6.48. The first kappa shape index (κ1) is 30.9. The number of aliphatic hydroxyl groups is 1. The van der Waals surface area contributed by atoms with E-state index in [1.54, 1.807) is 11.8 Å². The Balaban J connectivity index is 1.46. The van der Waals surface area contributed by atoms with Crippen molar-refractivity contribution in [2.45, 2.75) is 127 Å². The lowest BCUT2D eigenvalue weighted by molar-refractivity contribution is -0.143. The molecule has 1 saturated carbocycles. The summed E-state index contributed by atoms with van der Waals surface area (Å²) in [5.74, 6) is 1.16. The Morgan fingerprint density at radius 1 is 0.972 bits per heavy atom. The van der Waals surface area contributed by atoms with E-state index in [9.17, 15) is 14.7 Å². The van der Waals surface area contributed by atoms with Crippen LogP contribution in [0.4, 0.5) is 0 Å². The minimum Gasteiger partial charge on any atom is -0.466 e. The highest BCUT2D eigenvalue weighted by molar-refractivity contribution is 8.00. The van der Waals surface area contributed by atoms with E-state index in [0.29, 0.717) is 42.7 Å². The monoisotopic (exact) mass is 518 g/mol. The quantitative estimate of drug-likeness (QED) is 0.133. The summed E-state index contributed by atoms with van der Waals surface area (Å²) in [6.07, 6.45) is 17.4. The van der Waals surface area contributed by atoms with Crippen LogP contribution in [0.2, 0.25) is 0 Å². The van der Waals surface area contributed by atoms with Gasteiger partial charge in [0, 0.05) is 29.8 Å². The Hall–Kier alpha value is -1.33. The average Bonchev–Trinajstić information content (AvgIpc) is 3.23. The highest BCUT2D eigenvalue weighted by atomic mass is 32.2. The van der Waals surface area contributed by atoms with E-state index in [2.05, 4.69) is 6.92 Å². The van der Waals surface area contributed by atoms with Crippen LogP contribution in [-0.2, 0) is 20.7 Å². The third kappa shape index (κ3) is 13.8. The number of rotatable bonds is 21. The molecule has 3 unspecified atom stereocenters. The second kappa shape index (κ2) is 19.7. The molecule has 1 aliphatic rings. The number of thioether (sulfide) groups is 1. The molecule has 1 aromatic rings. The molecular formula is C31H50O4S. The lowest BCUT2D eigenvalue weighted by Gasteiger charge is -2.20. The van der Waals surface area contributed by atoms with Crippen LogP contribution in [0.1, 0.15) is 115 Å². The third-order valence-corrected chi connectivity index (χ3v) is 8.83. The molecule has 0 bridgehead atoms. The van der Waals surface area contributed by atoms with Gasteiger partial charge in [0.15, 0.2) is 0 Å². The van der Waals surface area contributed by atoms with Gasteiger partial charge in [-0.2, -0.15) is 11.8 Å². The molecule has 36 heavy (non-hydrogen) atoms. The van der Waals surface area contributed by atoms with Crippen molar-refractivity contribution in [1.82, 2.24) is 0 Å². The van der Waals surface area contributed by atoms with Gasteiger partial charge in [0.05, 0.1) is 12.7 Å². The highest BCUT2D eigenvalue weighted by Gasteiger charge is 2.34. The van der Waals surface area contributed by atoms with Gasteiger partial charge in [-0.1, -0.05) is 101 Å². The molecular weight excluding hydrogens is 468 g/mol.